The number of halogens is 3. The van der Waals surface area contributed by atoms with Gasteiger partial charge in [-0.15, -0.1) is 13.2 Å². The third-order valence-corrected chi connectivity index (χ3v) is 5.97. The summed E-state index contributed by atoms with van der Waals surface area (Å²) in [5.41, 5.74) is 1.66. The molecule has 3 aromatic rings. The summed E-state index contributed by atoms with van der Waals surface area (Å²) in [5.74, 6) is -2.00. The summed E-state index contributed by atoms with van der Waals surface area (Å²) in [5, 5.41) is 11.3. The number of rotatable bonds is 4. The van der Waals surface area contributed by atoms with Crippen LogP contribution in [0.5, 0.6) is 11.5 Å². The number of hydrogen-bond donors (Lipinski definition) is 1. The molecule has 10 heteroatoms. The molecule has 184 valence electrons. The molecule has 36 heavy (non-hydrogen) atoms. The number of pyridine rings is 1. The van der Waals surface area contributed by atoms with Gasteiger partial charge in [0.05, 0.1) is 18.2 Å². The van der Waals surface area contributed by atoms with Gasteiger partial charge in [0.15, 0.2) is 0 Å². The third-order valence-electron chi connectivity index (χ3n) is 5.97. The zero-order valence-electron chi connectivity index (χ0n) is 18.7. The molecular formula is C26H19F3N2O5. The van der Waals surface area contributed by atoms with Crippen molar-refractivity contribution in [1.29, 1.82) is 0 Å². The zero-order chi connectivity index (χ0) is 25.4. The minimum Gasteiger partial charge on any atom is -0.507 e. The second kappa shape index (κ2) is 9.03. The molecule has 1 fully saturated rings. The molecule has 0 radical (unpaired) electrons. The first-order valence-corrected chi connectivity index (χ1v) is 11.1. The molecule has 2 aromatic carbocycles. The van der Waals surface area contributed by atoms with Gasteiger partial charge in [-0.05, 0) is 72.5 Å². The van der Waals surface area contributed by atoms with E-state index in [4.69, 9.17) is 4.74 Å². The highest BCUT2D eigenvalue weighted by Crippen LogP contribution is 2.43. The molecule has 2 aliphatic heterocycles. The largest absolute Gasteiger partial charge is 0.573 e. The van der Waals surface area contributed by atoms with Gasteiger partial charge in [-0.25, -0.2) is 0 Å². The Hall–Kier alpha value is -4.34. The highest BCUT2D eigenvalue weighted by Gasteiger charge is 2.47. The molecule has 0 saturated carbocycles. The van der Waals surface area contributed by atoms with E-state index < -0.39 is 29.8 Å². The monoisotopic (exact) mass is 496 g/mol. The Bertz CT molecular complexity index is 1350. The summed E-state index contributed by atoms with van der Waals surface area (Å²) in [7, 11) is 0. The summed E-state index contributed by atoms with van der Waals surface area (Å²) in [6, 6.07) is 11.8. The first-order chi connectivity index (χ1) is 17.2. The maximum atomic E-state index is 13.2. The quantitative estimate of drug-likeness (QED) is 0.313. The number of amides is 1. The first kappa shape index (κ1) is 23.4. The molecule has 2 aliphatic rings. The first-order valence-electron chi connectivity index (χ1n) is 11.1. The van der Waals surface area contributed by atoms with E-state index in [9.17, 15) is 27.9 Å². The lowest BCUT2D eigenvalue weighted by atomic mass is 9.94. The van der Waals surface area contributed by atoms with Crippen LogP contribution in [0.2, 0.25) is 0 Å². The topological polar surface area (TPSA) is 89.0 Å². The smallest absolute Gasteiger partial charge is 0.507 e. The molecule has 1 N–H and O–H groups in total. The maximum absolute atomic E-state index is 13.2. The normalized spacial score (nSPS) is 19.1. The number of aliphatic hydroxyl groups is 1. The predicted octanol–water partition coefficient (Wildman–Crippen LogP) is 4.93. The van der Waals surface area contributed by atoms with E-state index in [1.54, 1.807) is 30.3 Å². The van der Waals surface area contributed by atoms with Crippen molar-refractivity contribution in [3.63, 3.8) is 0 Å². The van der Waals surface area contributed by atoms with Gasteiger partial charge in [-0.2, -0.15) is 0 Å². The summed E-state index contributed by atoms with van der Waals surface area (Å²) in [4.78, 5) is 31.6. The predicted molar refractivity (Wildman–Crippen MR) is 122 cm³/mol. The standard InChI is InChI=1S/C26H19F3N2O5/c27-26(28,29)36-19-8-6-18(7-9-19)31-22(17-3-1-11-30-14-17)21(24(33)25(31)34)23(32)16-5-10-20-15(13-16)4-2-12-35-20/h1,3,5-11,13-14,22,32H,2,4,12H2/b23-21-. The average Bonchev–Trinajstić information content (AvgIpc) is 3.13. The summed E-state index contributed by atoms with van der Waals surface area (Å²) in [6.45, 7) is 0.594. The molecule has 5 rings (SSSR count). The fourth-order valence-corrected chi connectivity index (χ4v) is 4.42. The second-order valence-electron chi connectivity index (χ2n) is 8.27. The van der Waals surface area contributed by atoms with Crippen molar-refractivity contribution >= 4 is 23.1 Å². The number of aryl methyl sites for hydroxylation is 1. The number of benzene rings is 2. The van der Waals surface area contributed by atoms with Crippen LogP contribution in [0.15, 0.2) is 72.6 Å². The van der Waals surface area contributed by atoms with Crippen molar-refractivity contribution in [2.45, 2.75) is 25.2 Å². The summed E-state index contributed by atoms with van der Waals surface area (Å²) >= 11 is 0. The maximum Gasteiger partial charge on any atom is 0.573 e. The minimum absolute atomic E-state index is 0.151. The highest BCUT2D eigenvalue weighted by atomic mass is 19.4. The molecule has 3 heterocycles. The van der Waals surface area contributed by atoms with Crippen molar-refractivity contribution < 1.29 is 37.3 Å². The lowest BCUT2D eigenvalue weighted by molar-refractivity contribution is -0.274. The molecule has 1 amide bonds. The van der Waals surface area contributed by atoms with Gasteiger partial charge in [0.1, 0.15) is 17.3 Å². The van der Waals surface area contributed by atoms with Gasteiger partial charge in [0.2, 0.25) is 0 Å². The summed E-state index contributed by atoms with van der Waals surface area (Å²) in [6.07, 6.45) is -0.351. The van der Waals surface area contributed by atoms with Crippen LogP contribution < -0.4 is 14.4 Å². The van der Waals surface area contributed by atoms with Crippen molar-refractivity contribution in [3.05, 3.63) is 89.3 Å². The number of nitrogens with zero attached hydrogens (tertiary/aromatic N) is 2. The number of Topliss-reactive ketones (excluding diaryl/α,β-unsaturated/α-hetero) is 1. The lowest BCUT2D eigenvalue weighted by Crippen LogP contribution is -2.29. The van der Waals surface area contributed by atoms with Crippen LogP contribution in [-0.4, -0.2) is 34.8 Å². The molecule has 0 spiro atoms. The Morgan fingerprint density at radius 3 is 2.58 bits per heavy atom. The number of aliphatic hydroxyl groups excluding tert-OH is 1. The number of carbonyl (C=O) groups excluding carboxylic acids is 2. The van der Waals surface area contributed by atoms with Crippen LogP contribution in [-0.2, 0) is 16.0 Å². The van der Waals surface area contributed by atoms with Crippen LogP contribution in [0, 0.1) is 0 Å². The minimum atomic E-state index is -4.87. The van der Waals surface area contributed by atoms with Gasteiger partial charge < -0.3 is 14.6 Å². The van der Waals surface area contributed by atoms with E-state index in [-0.39, 0.29) is 17.0 Å². The molecule has 1 unspecified atom stereocenters. The number of ketones is 1. The number of alkyl halides is 3. The van der Waals surface area contributed by atoms with Crippen molar-refractivity contribution in [1.82, 2.24) is 4.98 Å². The number of ether oxygens (including phenoxy) is 2. The second-order valence-corrected chi connectivity index (χ2v) is 8.27. The Morgan fingerprint density at radius 1 is 1.11 bits per heavy atom. The fourth-order valence-electron chi connectivity index (χ4n) is 4.42. The van der Waals surface area contributed by atoms with Crippen LogP contribution >= 0.6 is 0 Å². The highest BCUT2D eigenvalue weighted by molar-refractivity contribution is 6.51. The van der Waals surface area contributed by atoms with Crippen molar-refractivity contribution in [3.8, 4) is 11.5 Å². The van der Waals surface area contributed by atoms with E-state index in [0.717, 1.165) is 35.4 Å². The summed E-state index contributed by atoms with van der Waals surface area (Å²) < 4.78 is 47.2. The van der Waals surface area contributed by atoms with Crippen LogP contribution in [0.4, 0.5) is 18.9 Å². The Morgan fingerprint density at radius 2 is 1.89 bits per heavy atom. The van der Waals surface area contributed by atoms with Crippen molar-refractivity contribution in [2.75, 3.05) is 11.5 Å². The molecule has 0 bridgehead atoms. The Balaban J connectivity index is 1.61. The van der Waals surface area contributed by atoms with Gasteiger partial charge in [0, 0.05) is 23.6 Å². The third kappa shape index (κ3) is 4.37. The average molecular weight is 496 g/mol. The van der Waals surface area contributed by atoms with E-state index in [0.29, 0.717) is 23.5 Å². The van der Waals surface area contributed by atoms with Gasteiger partial charge in [-0.1, -0.05) is 6.07 Å². The number of anilines is 1. The molecule has 7 nitrogen and oxygen atoms in total. The van der Waals surface area contributed by atoms with E-state index >= 15 is 0 Å². The lowest BCUT2D eigenvalue weighted by Gasteiger charge is -2.25. The number of carbonyl (C=O) groups is 2. The van der Waals surface area contributed by atoms with Crippen LogP contribution in [0.25, 0.3) is 5.76 Å². The molecule has 1 saturated heterocycles. The molecule has 1 aromatic heterocycles. The van der Waals surface area contributed by atoms with E-state index in [2.05, 4.69) is 9.72 Å². The molecule has 1 atom stereocenters. The van der Waals surface area contributed by atoms with Crippen LogP contribution in [0.1, 0.15) is 29.2 Å². The van der Waals surface area contributed by atoms with E-state index in [1.165, 1.54) is 24.5 Å². The SMILES string of the molecule is O=C1C(=O)N(c2ccc(OC(F)(F)F)cc2)C(c2cccnc2)/C1=C(/O)c1ccc2c(c1)CCCO2. The fraction of sp³-hybridized carbons (Fsp3) is 0.192. The van der Waals surface area contributed by atoms with Crippen molar-refractivity contribution in [2.24, 2.45) is 0 Å². The molecule has 0 aliphatic carbocycles. The number of fused-ring (bicyclic) bond motifs is 1. The van der Waals surface area contributed by atoms with E-state index in [1.807, 2.05) is 0 Å². The zero-order valence-corrected chi connectivity index (χ0v) is 18.7. The van der Waals surface area contributed by atoms with Crippen LogP contribution in [0.3, 0.4) is 0 Å². The number of hydrogen-bond acceptors (Lipinski definition) is 6. The van der Waals surface area contributed by atoms with Gasteiger partial charge >= 0.3 is 6.36 Å². The van der Waals surface area contributed by atoms with Gasteiger partial charge in [-0.3, -0.25) is 19.5 Å². The van der Waals surface area contributed by atoms with Gasteiger partial charge in [0.25, 0.3) is 11.7 Å². The Labute approximate surface area is 203 Å². The Kier molecular flexibility index (Phi) is 5.87. The number of aromatic nitrogens is 1. The molecular weight excluding hydrogens is 477 g/mol.